The largest absolute Gasteiger partial charge is 0.462 e. The fraction of sp³-hybridized carbons (Fsp3) is 0.517. The second kappa shape index (κ2) is 11.3. The molecule has 6 heteroatoms. The van der Waals surface area contributed by atoms with Gasteiger partial charge in [0.15, 0.2) is 0 Å². The van der Waals surface area contributed by atoms with Crippen molar-refractivity contribution in [3.63, 3.8) is 0 Å². The Morgan fingerprint density at radius 3 is 2.69 bits per heavy atom. The maximum Gasteiger partial charge on any atom is 0.255 e. The van der Waals surface area contributed by atoms with Gasteiger partial charge in [-0.15, -0.1) is 0 Å². The normalized spacial score (nSPS) is 19.3. The quantitative estimate of drug-likeness (QED) is 0.370. The number of fused-ring (bicyclic) bond motifs is 2. The first-order chi connectivity index (χ1) is 16.9. The number of nitrogens with zero attached hydrogens (tertiary/aromatic N) is 1. The van der Waals surface area contributed by atoms with Gasteiger partial charge in [0.1, 0.15) is 5.75 Å². The highest BCUT2D eigenvalue weighted by Gasteiger charge is 2.36. The van der Waals surface area contributed by atoms with Crippen molar-refractivity contribution in [3.8, 4) is 5.75 Å². The van der Waals surface area contributed by atoms with Gasteiger partial charge in [-0.05, 0) is 61.1 Å². The van der Waals surface area contributed by atoms with E-state index in [2.05, 4.69) is 43.2 Å². The lowest BCUT2D eigenvalue weighted by atomic mass is 9.88. The van der Waals surface area contributed by atoms with E-state index in [-0.39, 0.29) is 5.91 Å². The lowest BCUT2D eigenvalue weighted by Crippen LogP contribution is -2.42. The van der Waals surface area contributed by atoms with E-state index in [1.807, 2.05) is 30.3 Å². The molecule has 1 fully saturated rings. The second-order valence-electron chi connectivity index (χ2n) is 10.5. The monoisotopic (exact) mass is 477 g/mol. The molecular formula is C29H39N3O3. The van der Waals surface area contributed by atoms with Crippen molar-refractivity contribution in [3.05, 3.63) is 53.7 Å². The summed E-state index contributed by atoms with van der Waals surface area (Å²) in [6.45, 7) is 9.38. The van der Waals surface area contributed by atoms with E-state index in [4.69, 9.17) is 9.47 Å². The van der Waals surface area contributed by atoms with Gasteiger partial charge in [-0.3, -0.25) is 9.89 Å². The van der Waals surface area contributed by atoms with Crippen molar-refractivity contribution in [2.45, 2.75) is 85.0 Å². The van der Waals surface area contributed by atoms with Crippen LogP contribution in [0.1, 0.15) is 88.6 Å². The molecule has 2 aromatic carbocycles. The Balaban J connectivity index is 0.000000514. The molecule has 188 valence electrons. The third kappa shape index (κ3) is 6.43. The third-order valence-electron chi connectivity index (χ3n) is 6.93. The summed E-state index contributed by atoms with van der Waals surface area (Å²) in [5.41, 5.74) is 3.17. The molecule has 6 nitrogen and oxygen atoms in total. The molecule has 0 spiro atoms. The van der Waals surface area contributed by atoms with Gasteiger partial charge in [0.25, 0.3) is 5.91 Å². The maximum atomic E-state index is 12.7. The van der Waals surface area contributed by atoms with Crippen LogP contribution in [0.25, 0.3) is 10.9 Å². The van der Waals surface area contributed by atoms with Crippen LogP contribution in [0, 0.1) is 11.8 Å². The summed E-state index contributed by atoms with van der Waals surface area (Å²) < 4.78 is 12.6. The minimum absolute atomic E-state index is 0.159. The van der Waals surface area contributed by atoms with Crippen LogP contribution >= 0.6 is 0 Å². The molecule has 35 heavy (non-hydrogen) atoms. The Morgan fingerprint density at radius 2 is 2.00 bits per heavy atom. The van der Waals surface area contributed by atoms with E-state index in [0.29, 0.717) is 18.1 Å². The Hall–Kier alpha value is -2.86. The topological polar surface area (TPSA) is 76.2 Å². The zero-order valence-corrected chi connectivity index (χ0v) is 21.5. The lowest BCUT2D eigenvalue weighted by Gasteiger charge is -2.39. The van der Waals surface area contributed by atoms with Crippen LogP contribution < -0.4 is 10.1 Å². The van der Waals surface area contributed by atoms with Gasteiger partial charge in [-0.1, -0.05) is 47.0 Å². The third-order valence-corrected chi connectivity index (χ3v) is 6.93. The highest BCUT2D eigenvalue weighted by atomic mass is 16.7. The fourth-order valence-corrected chi connectivity index (χ4v) is 4.47. The van der Waals surface area contributed by atoms with Crippen molar-refractivity contribution in [2.75, 3.05) is 5.32 Å². The molecule has 3 aromatic rings. The summed E-state index contributed by atoms with van der Waals surface area (Å²) in [5.74, 6) is 1.81. The first-order valence-corrected chi connectivity index (χ1v) is 13.1. The molecular weight excluding hydrogens is 438 g/mol. The standard InChI is InChI=1S/C24H29N3O3.C5H10/c1-4-10-24(11-9-16(2)3)29-15-19-13-20(6-8-22(19)30-24)26-23(28)17-5-7-21-18(12-17)14-25-27-21;1-5-3-2-4-5/h5-8,12-14,16H,4,9-11,15H2,1-3H3,(H,25,27)(H,26,28);5H,2-4H2,1H3. The molecule has 1 amide bonds. The molecule has 1 atom stereocenters. The number of H-pyrrole nitrogens is 1. The van der Waals surface area contributed by atoms with Gasteiger partial charge in [0.2, 0.25) is 5.79 Å². The van der Waals surface area contributed by atoms with Crippen LogP contribution in [-0.2, 0) is 11.3 Å². The van der Waals surface area contributed by atoms with Crippen molar-refractivity contribution >= 4 is 22.5 Å². The van der Waals surface area contributed by atoms with Gasteiger partial charge in [0, 0.05) is 35.0 Å². The van der Waals surface area contributed by atoms with E-state index >= 15 is 0 Å². The zero-order chi connectivity index (χ0) is 24.8. The van der Waals surface area contributed by atoms with E-state index < -0.39 is 5.79 Å². The number of amides is 1. The van der Waals surface area contributed by atoms with Crippen LogP contribution in [0.4, 0.5) is 5.69 Å². The molecule has 0 saturated heterocycles. The Kier molecular flexibility index (Phi) is 8.11. The summed E-state index contributed by atoms with van der Waals surface area (Å²) in [6.07, 6.45) is 9.98. The first kappa shape index (κ1) is 25.2. The summed E-state index contributed by atoms with van der Waals surface area (Å²) >= 11 is 0. The SMILES string of the molecule is CC1CCC1.CCCC1(CCC(C)C)OCc2cc(NC(=O)c3ccc4[nH]ncc4c3)ccc2O1. The average molecular weight is 478 g/mol. The smallest absolute Gasteiger partial charge is 0.255 e. The van der Waals surface area contributed by atoms with E-state index in [9.17, 15) is 4.79 Å². The molecule has 1 aliphatic carbocycles. The molecule has 1 saturated carbocycles. The number of rotatable bonds is 7. The van der Waals surface area contributed by atoms with Crippen LogP contribution in [0.2, 0.25) is 0 Å². The summed E-state index contributed by atoms with van der Waals surface area (Å²) in [6, 6.07) is 11.2. The van der Waals surface area contributed by atoms with Gasteiger partial charge >= 0.3 is 0 Å². The predicted molar refractivity (Wildman–Crippen MR) is 141 cm³/mol. The number of anilines is 1. The van der Waals surface area contributed by atoms with Gasteiger partial charge in [-0.2, -0.15) is 5.10 Å². The number of aromatic nitrogens is 2. The number of aromatic amines is 1. The number of carbonyl (C=O) groups excluding carboxylic acids is 1. The molecule has 1 aromatic heterocycles. The Labute approximate surface area is 208 Å². The average Bonchev–Trinajstić information content (AvgIpc) is 3.30. The minimum Gasteiger partial charge on any atom is -0.462 e. The van der Waals surface area contributed by atoms with Crippen molar-refractivity contribution in [1.29, 1.82) is 0 Å². The second-order valence-corrected chi connectivity index (χ2v) is 10.5. The van der Waals surface area contributed by atoms with Crippen LogP contribution in [0.3, 0.4) is 0 Å². The number of benzene rings is 2. The molecule has 5 rings (SSSR count). The number of carbonyl (C=O) groups is 1. The molecule has 2 N–H and O–H groups in total. The molecule has 2 heterocycles. The number of nitrogens with one attached hydrogen (secondary N) is 2. The number of hydrogen-bond acceptors (Lipinski definition) is 4. The number of hydrogen-bond donors (Lipinski definition) is 2. The Morgan fingerprint density at radius 1 is 1.20 bits per heavy atom. The fourth-order valence-electron chi connectivity index (χ4n) is 4.47. The Bertz CT molecular complexity index is 1140. The van der Waals surface area contributed by atoms with E-state index in [0.717, 1.165) is 59.5 Å². The highest BCUT2D eigenvalue weighted by molar-refractivity contribution is 6.06. The van der Waals surface area contributed by atoms with Gasteiger partial charge < -0.3 is 14.8 Å². The number of ether oxygens (including phenoxy) is 2. The molecule has 1 unspecified atom stereocenters. The molecule has 0 radical (unpaired) electrons. The highest BCUT2D eigenvalue weighted by Crippen LogP contribution is 2.38. The van der Waals surface area contributed by atoms with E-state index in [1.165, 1.54) is 19.3 Å². The van der Waals surface area contributed by atoms with Crippen LogP contribution in [0.15, 0.2) is 42.6 Å². The minimum atomic E-state index is -0.545. The molecule has 2 aliphatic rings. The van der Waals surface area contributed by atoms with Crippen LogP contribution in [-0.4, -0.2) is 21.9 Å². The maximum absolute atomic E-state index is 12.7. The summed E-state index contributed by atoms with van der Waals surface area (Å²) in [7, 11) is 0. The molecule has 1 aliphatic heterocycles. The first-order valence-electron chi connectivity index (χ1n) is 13.1. The van der Waals surface area contributed by atoms with Crippen molar-refractivity contribution in [1.82, 2.24) is 10.2 Å². The zero-order valence-electron chi connectivity index (χ0n) is 21.5. The summed E-state index contributed by atoms with van der Waals surface area (Å²) in [5, 5.41) is 10.8. The van der Waals surface area contributed by atoms with Gasteiger partial charge in [-0.25, -0.2) is 0 Å². The molecule has 0 bridgehead atoms. The van der Waals surface area contributed by atoms with E-state index in [1.54, 1.807) is 12.3 Å². The van der Waals surface area contributed by atoms with Gasteiger partial charge in [0.05, 0.1) is 18.3 Å². The lowest BCUT2D eigenvalue weighted by molar-refractivity contribution is -0.215. The van der Waals surface area contributed by atoms with Crippen molar-refractivity contribution < 1.29 is 14.3 Å². The predicted octanol–water partition coefficient (Wildman–Crippen LogP) is 7.46. The summed E-state index contributed by atoms with van der Waals surface area (Å²) in [4.78, 5) is 12.7. The van der Waals surface area contributed by atoms with Crippen LogP contribution in [0.5, 0.6) is 5.75 Å². The van der Waals surface area contributed by atoms with Crippen molar-refractivity contribution in [2.24, 2.45) is 11.8 Å².